The summed E-state index contributed by atoms with van der Waals surface area (Å²) >= 11 is 0. The fourth-order valence-corrected chi connectivity index (χ4v) is 3.47. The van der Waals surface area contributed by atoms with Gasteiger partial charge in [-0.2, -0.15) is 0 Å². The molecule has 0 N–H and O–H groups in total. The topological polar surface area (TPSA) is 29.8 Å². The molecule has 1 aromatic carbocycles. The summed E-state index contributed by atoms with van der Waals surface area (Å²) in [6, 6.07) is 9.48. The minimum atomic E-state index is -0.288. The van der Waals surface area contributed by atoms with Gasteiger partial charge in [-0.05, 0) is 48.7 Å². The van der Waals surface area contributed by atoms with Crippen LogP contribution in [0.25, 0.3) is 5.65 Å². The third-order valence-corrected chi connectivity index (χ3v) is 4.77. The lowest BCUT2D eigenvalue weighted by molar-refractivity contribution is 0.240. The highest BCUT2D eigenvalue weighted by Gasteiger charge is 2.21. The Balaban J connectivity index is 1.61. The van der Waals surface area contributed by atoms with E-state index < -0.39 is 0 Å². The van der Waals surface area contributed by atoms with Crippen molar-refractivity contribution in [2.45, 2.75) is 26.4 Å². The van der Waals surface area contributed by atoms with Crippen molar-refractivity contribution in [2.24, 2.45) is 0 Å². The predicted molar refractivity (Wildman–Crippen MR) is 90.7 cm³/mol. The van der Waals surface area contributed by atoms with Crippen molar-refractivity contribution in [1.82, 2.24) is 14.3 Å². The van der Waals surface area contributed by atoms with Crippen molar-refractivity contribution < 1.29 is 9.13 Å². The van der Waals surface area contributed by atoms with Gasteiger partial charge in [-0.15, -0.1) is 0 Å². The number of rotatable bonds is 3. The Morgan fingerprint density at radius 1 is 1.25 bits per heavy atom. The monoisotopic (exact) mass is 325 g/mol. The maximum absolute atomic E-state index is 14.0. The molecule has 1 aliphatic rings. The zero-order chi connectivity index (χ0) is 16.7. The standard InChI is InChI=1S/C19H20FN3O/c1-13-17(23-7-4-3-5-19(23)21-13)12-22-8-6-14-10-18(24-2)16(20)9-15(14)11-22/h3-5,7,9-10H,6,8,11-12H2,1-2H3. The van der Waals surface area contributed by atoms with Gasteiger partial charge in [-0.1, -0.05) is 6.07 Å². The number of hydrogen-bond acceptors (Lipinski definition) is 3. The number of pyridine rings is 1. The molecule has 5 heteroatoms. The highest BCUT2D eigenvalue weighted by molar-refractivity contribution is 5.43. The van der Waals surface area contributed by atoms with E-state index >= 15 is 0 Å². The number of hydrogen-bond donors (Lipinski definition) is 0. The van der Waals surface area contributed by atoms with Gasteiger partial charge in [0.1, 0.15) is 5.65 Å². The van der Waals surface area contributed by atoms with E-state index in [9.17, 15) is 4.39 Å². The van der Waals surface area contributed by atoms with Crippen LogP contribution in [0.2, 0.25) is 0 Å². The number of aryl methyl sites for hydroxylation is 1. The summed E-state index contributed by atoms with van der Waals surface area (Å²) in [4.78, 5) is 6.96. The van der Waals surface area contributed by atoms with Gasteiger partial charge in [0.15, 0.2) is 11.6 Å². The van der Waals surface area contributed by atoms with Crippen LogP contribution < -0.4 is 4.74 Å². The molecule has 1 aliphatic heterocycles. The van der Waals surface area contributed by atoms with E-state index in [1.165, 1.54) is 18.4 Å². The molecule has 0 spiro atoms. The maximum atomic E-state index is 14.0. The van der Waals surface area contributed by atoms with Gasteiger partial charge >= 0.3 is 0 Å². The van der Waals surface area contributed by atoms with Crippen molar-refractivity contribution in [3.63, 3.8) is 0 Å². The molecule has 4 rings (SSSR count). The summed E-state index contributed by atoms with van der Waals surface area (Å²) in [5.74, 6) is 0.0453. The summed E-state index contributed by atoms with van der Waals surface area (Å²) in [5.41, 5.74) is 5.44. The van der Waals surface area contributed by atoms with Crippen LogP contribution in [0.4, 0.5) is 4.39 Å². The lowest BCUT2D eigenvalue weighted by atomic mass is 9.99. The maximum Gasteiger partial charge on any atom is 0.165 e. The SMILES string of the molecule is COc1cc2c(cc1F)CN(Cc1c(C)nc3ccccn13)CC2. The smallest absolute Gasteiger partial charge is 0.165 e. The molecule has 0 atom stereocenters. The molecule has 124 valence electrons. The number of halogens is 1. The molecule has 0 amide bonds. The van der Waals surface area contributed by atoms with Gasteiger partial charge in [0, 0.05) is 25.8 Å². The van der Waals surface area contributed by atoms with E-state index in [-0.39, 0.29) is 5.82 Å². The van der Waals surface area contributed by atoms with Crippen LogP contribution in [0.1, 0.15) is 22.5 Å². The first kappa shape index (κ1) is 15.1. The molecule has 0 aliphatic carbocycles. The molecule has 24 heavy (non-hydrogen) atoms. The normalized spacial score (nSPS) is 14.8. The van der Waals surface area contributed by atoms with E-state index in [1.807, 2.05) is 37.4 Å². The average Bonchev–Trinajstić information content (AvgIpc) is 2.90. The predicted octanol–water partition coefficient (Wildman–Crippen LogP) is 3.35. The van der Waals surface area contributed by atoms with Crippen molar-refractivity contribution in [3.8, 4) is 5.75 Å². The lowest BCUT2D eigenvalue weighted by Crippen LogP contribution is -2.30. The first-order chi connectivity index (χ1) is 11.7. The zero-order valence-electron chi connectivity index (χ0n) is 13.9. The molecule has 0 radical (unpaired) electrons. The van der Waals surface area contributed by atoms with Crippen LogP contribution in [0.5, 0.6) is 5.75 Å². The fraction of sp³-hybridized carbons (Fsp3) is 0.316. The molecule has 3 heterocycles. The molecule has 3 aromatic rings. The largest absolute Gasteiger partial charge is 0.494 e. The Labute approximate surface area is 140 Å². The molecule has 0 saturated heterocycles. The summed E-state index contributed by atoms with van der Waals surface area (Å²) in [6.07, 6.45) is 2.95. The first-order valence-electron chi connectivity index (χ1n) is 8.16. The van der Waals surface area contributed by atoms with E-state index in [2.05, 4.69) is 14.3 Å². The first-order valence-corrected chi connectivity index (χ1v) is 8.16. The summed E-state index contributed by atoms with van der Waals surface area (Å²) < 4.78 is 21.2. The molecular formula is C19H20FN3O. The van der Waals surface area contributed by atoms with Crippen molar-refractivity contribution in [2.75, 3.05) is 13.7 Å². The van der Waals surface area contributed by atoms with E-state index in [4.69, 9.17) is 4.74 Å². The Bertz CT molecular complexity index is 903. The van der Waals surface area contributed by atoms with E-state index in [0.717, 1.165) is 43.0 Å². The third-order valence-electron chi connectivity index (χ3n) is 4.77. The van der Waals surface area contributed by atoms with Gasteiger partial charge < -0.3 is 9.14 Å². The van der Waals surface area contributed by atoms with Gasteiger partial charge in [-0.3, -0.25) is 4.90 Å². The molecule has 2 aromatic heterocycles. The minimum absolute atomic E-state index is 0.288. The summed E-state index contributed by atoms with van der Waals surface area (Å²) in [7, 11) is 1.51. The minimum Gasteiger partial charge on any atom is -0.494 e. The molecule has 0 bridgehead atoms. The molecule has 0 unspecified atom stereocenters. The molecule has 4 nitrogen and oxygen atoms in total. The van der Waals surface area contributed by atoms with E-state index in [0.29, 0.717) is 5.75 Å². The Hall–Kier alpha value is -2.40. The molecular weight excluding hydrogens is 305 g/mol. The number of fused-ring (bicyclic) bond motifs is 2. The third kappa shape index (κ3) is 2.55. The average molecular weight is 325 g/mol. The highest BCUT2D eigenvalue weighted by atomic mass is 19.1. The van der Waals surface area contributed by atoms with Crippen molar-refractivity contribution >= 4 is 5.65 Å². The Kier molecular flexibility index (Phi) is 3.73. The van der Waals surface area contributed by atoms with Crippen LogP contribution in [-0.4, -0.2) is 27.9 Å². The number of nitrogens with zero attached hydrogens (tertiary/aromatic N) is 3. The van der Waals surface area contributed by atoms with Crippen LogP contribution >= 0.6 is 0 Å². The van der Waals surface area contributed by atoms with Gasteiger partial charge in [0.2, 0.25) is 0 Å². The van der Waals surface area contributed by atoms with Crippen LogP contribution in [0, 0.1) is 12.7 Å². The number of methoxy groups -OCH3 is 1. The Morgan fingerprint density at radius 3 is 2.96 bits per heavy atom. The second-order valence-corrected chi connectivity index (χ2v) is 6.29. The van der Waals surface area contributed by atoms with E-state index in [1.54, 1.807) is 6.07 Å². The highest BCUT2D eigenvalue weighted by Crippen LogP contribution is 2.28. The van der Waals surface area contributed by atoms with Gasteiger partial charge in [-0.25, -0.2) is 9.37 Å². The lowest BCUT2D eigenvalue weighted by Gasteiger charge is -2.29. The fourth-order valence-electron chi connectivity index (χ4n) is 3.47. The van der Waals surface area contributed by atoms with Gasteiger partial charge in [0.25, 0.3) is 0 Å². The molecule has 0 saturated carbocycles. The van der Waals surface area contributed by atoms with Crippen LogP contribution in [0.15, 0.2) is 36.5 Å². The number of imidazole rings is 1. The number of ether oxygens (including phenoxy) is 1. The molecule has 0 fully saturated rings. The van der Waals surface area contributed by atoms with Crippen molar-refractivity contribution in [3.05, 3.63) is 64.9 Å². The second-order valence-electron chi connectivity index (χ2n) is 6.29. The summed E-state index contributed by atoms with van der Waals surface area (Å²) in [5, 5.41) is 0. The summed E-state index contributed by atoms with van der Waals surface area (Å²) in [6.45, 7) is 4.55. The van der Waals surface area contributed by atoms with Crippen molar-refractivity contribution in [1.29, 1.82) is 0 Å². The van der Waals surface area contributed by atoms with Crippen LogP contribution in [-0.2, 0) is 19.5 Å². The second kappa shape index (κ2) is 5.91. The number of aromatic nitrogens is 2. The Morgan fingerprint density at radius 2 is 2.12 bits per heavy atom. The van der Waals surface area contributed by atoms with Gasteiger partial charge in [0.05, 0.1) is 18.5 Å². The zero-order valence-corrected chi connectivity index (χ0v) is 13.9. The van der Waals surface area contributed by atoms with Crippen LogP contribution in [0.3, 0.4) is 0 Å². The number of benzene rings is 1. The quantitative estimate of drug-likeness (QED) is 0.740.